The zero-order valence-electron chi connectivity index (χ0n) is 12.1. The second-order valence-corrected chi connectivity index (χ2v) is 5.45. The zero-order valence-corrected chi connectivity index (χ0v) is 12.1. The molecule has 0 unspecified atom stereocenters. The van der Waals surface area contributed by atoms with Crippen molar-refractivity contribution in [2.75, 3.05) is 0 Å². The van der Waals surface area contributed by atoms with Crippen LogP contribution in [0.4, 0.5) is 0 Å². The predicted molar refractivity (Wildman–Crippen MR) is 83.9 cm³/mol. The summed E-state index contributed by atoms with van der Waals surface area (Å²) in [6, 6.07) is 13.7. The lowest BCUT2D eigenvalue weighted by Crippen LogP contribution is -2.01. The molecule has 0 amide bonds. The summed E-state index contributed by atoms with van der Waals surface area (Å²) in [6.45, 7) is 5.00. The molecule has 0 radical (unpaired) electrons. The molecule has 0 aliphatic carbocycles. The predicted octanol–water partition coefficient (Wildman–Crippen LogP) is 4.00. The molecule has 0 atom stereocenters. The van der Waals surface area contributed by atoms with Crippen molar-refractivity contribution in [3.05, 3.63) is 70.9 Å². The van der Waals surface area contributed by atoms with Gasteiger partial charge < -0.3 is 9.67 Å². The maximum absolute atomic E-state index is 11.0. The van der Waals surface area contributed by atoms with Crippen molar-refractivity contribution in [1.29, 1.82) is 0 Å². The zero-order chi connectivity index (χ0) is 15.0. The molecule has 3 nitrogen and oxygen atoms in total. The third kappa shape index (κ3) is 2.55. The van der Waals surface area contributed by atoms with E-state index >= 15 is 0 Å². The molecular formula is C18H17NO2. The number of aryl methyl sites for hydroxylation is 2. The lowest BCUT2D eigenvalue weighted by molar-refractivity contribution is 0.0697. The molecule has 3 rings (SSSR count). The van der Waals surface area contributed by atoms with Crippen molar-refractivity contribution in [2.24, 2.45) is 0 Å². The van der Waals surface area contributed by atoms with Gasteiger partial charge in [0, 0.05) is 23.6 Å². The minimum Gasteiger partial charge on any atom is -0.478 e. The number of fused-ring (bicyclic) bond motifs is 1. The molecule has 0 fully saturated rings. The summed E-state index contributed by atoms with van der Waals surface area (Å²) in [4.78, 5) is 11.0. The highest BCUT2D eigenvalue weighted by Crippen LogP contribution is 2.20. The van der Waals surface area contributed by atoms with E-state index in [2.05, 4.69) is 36.6 Å². The third-order valence-electron chi connectivity index (χ3n) is 3.86. The number of nitrogens with zero attached hydrogens (tertiary/aromatic N) is 1. The van der Waals surface area contributed by atoms with Crippen LogP contribution >= 0.6 is 0 Å². The minimum atomic E-state index is -0.890. The van der Waals surface area contributed by atoms with E-state index in [1.54, 1.807) is 12.1 Å². The second-order valence-electron chi connectivity index (χ2n) is 5.45. The van der Waals surface area contributed by atoms with Crippen molar-refractivity contribution in [1.82, 2.24) is 4.57 Å². The van der Waals surface area contributed by atoms with Crippen LogP contribution in [0.25, 0.3) is 10.9 Å². The van der Waals surface area contributed by atoms with Crippen molar-refractivity contribution >= 4 is 16.9 Å². The normalized spacial score (nSPS) is 11.0. The van der Waals surface area contributed by atoms with E-state index in [4.69, 9.17) is 5.11 Å². The Morgan fingerprint density at radius 1 is 1.10 bits per heavy atom. The Morgan fingerprint density at radius 3 is 2.67 bits per heavy atom. The number of hydrogen-bond acceptors (Lipinski definition) is 1. The standard InChI is InChI=1S/C18H17NO2/c1-12-3-4-13(2)16(9-12)11-19-8-7-14-10-15(18(20)21)5-6-17(14)19/h3-10H,11H2,1-2H3,(H,20,21). The number of rotatable bonds is 3. The van der Waals surface area contributed by atoms with E-state index in [9.17, 15) is 4.79 Å². The maximum Gasteiger partial charge on any atom is 0.335 e. The first kappa shape index (κ1) is 13.4. The molecule has 1 aromatic heterocycles. The summed E-state index contributed by atoms with van der Waals surface area (Å²) >= 11 is 0. The highest BCUT2D eigenvalue weighted by Gasteiger charge is 2.08. The van der Waals surface area contributed by atoms with Gasteiger partial charge in [0.05, 0.1) is 5.56 Å². The van der Waals surface area contributed by atoms with E-state index in [1.165, 1.54) is 16.7 Å². The van der Waals surface area contributed by atoms with E-state index in [-0.39, 0.29) is 0 Å². The molecule has 1 N–H and O–H groups in total. The average Bonchev–Trinajstić information content (AvgIpc) is 2.85. The topological polar surface area (TPSA) is 42.2 Å². The van der Waals surface area contributed by atoms with Crippen LogP contribution in [0.1, 0.15) is 27.0 Å². The molecule has 0 aliphatic heterocycles. The summed E-state index contributed by atoms with van der Waals surface area (Å²) in [5.41, 5.74) is 5.19. The van der Waals surface area contributed by atoms with Crippen LogP contribution in [0.3, 0.4) is 0 Å². The lowest BCUT2D eigenvalue weighted by atomic mass is 10.1. The molecule has 3 heteroatoms. The smallest absolute Gasteiger partial charge is 0.335 e. The molecule has 3 aromatic rings. The number of carboxylic acids is 1. The Morgan fingerprint density at radius 2 is 1.90 bits per heavy atom. The SMILES string of the molecule is Cc1ccc(C)c(Cn2ccc3cc(C(=O)O)ccc32)c1. The Bertz CT molecular complexity index is 830. The fraction of sp³-hybridized carbons (Fsp3) is 0.167. The van der Waals surface area contributed by atoms with Crippen molar-refractivity contribution in [2.45, 2.75) is 20.4 Å². The number of carboxylic acid groups (broad SMARTS) is 1. The van der Waals surface area contributed by atoms with Crippen LogP contribution < -0.4 is 0 Å². The van der Waals surface area contributed by atoms with Gasteiger partial charge in [0.25, 0.3) is 0 Å². The second kappa shape index (κ2) is 5.09. The van der Waals surface area contributed by atoms with Gasteiger partial charge in [-0.15, -0.1) is 0 Å². The molecule has 2 aromatic carbocycles. The highest BCUT2D eigenvalue weighted by atomic mass is 16.4. The van der Waals surface area contributed by atoms with Crippen molar-refractivity contribution in [3.63, 3.8) is 0 Å². The molecular weight excluding hydrogens is 262 g/mol. The van der Waals surface area contributed by atoms with Crippen LogP contribution in [-0.4, -0.2) is 15.6 Å². The number of aromatic carboxylic acids is 1. The molecule has 1 heterocycles. The molecule has 21 heavy (non-hydrogen) atoms. The summed E-state index contributed by atoms with van der Waals surface area (Å²) < 4.78 is 2.16. The van der Waals surface area contributed by atoms with Gasteiger partial charge in [0.1, 0.15) is 0 Å². The van der Waals surface area contributed by atoms with Gasteiger partial charge in [-0.1, -0.05) is 23.8 Å². The van der Waals surface area contributed by atoms with Gasteiger partial charge in [-0.05, 0) is 49.2 Å². The van der Waals surface area contributed by atoms with Gasteiger partial charge in [-0.3, -0.25) is 0 Å². The monoisotopic (exact) mass is 279 g/mol. The Labute approximate surface area is 123 Å². The highest BCUT2D eigenvalue weighted by molar-refractivity contribution is 5.93. The number of benzene rings is 2. The van der Waals surface area contributed by atoms with Crippen LogP contribution in [-0.2, 0) is 6.54 Å². The van der Waals surface area contributed by atoms with Crippen LogP contribution in [0, 0.1) is 13.8 Å². The number of hydrogen-bond donors (Lipinski definition) is 1. The fourth-order valence-corrected chi connectivity index (χ4v) is 2.63. The molecule has 106 valence electrons. The van der Waals surface area contributed by atoms with Gasteiger partial charge in [0.2, 0.25) is 0 Å². The Hall–Kier alpha value is -2.55. The first-order valence-electron chi connectivity index (χ1n) is 6.93. The third-order valence-corrected chi connectivity index (χ3v) is 3.86. The van der Waals surface area contributed by atoms with E-state index in [0.29, 0.717) is 5.56 Å². The van der Waals surface area contributed by atoms with E-state index in [0.717, 1.165) is 17.4 Å². The largest absolute Gasteiger partial charge is 0.478 e. The molecule has 0 spiro atoms. The summed E-state index contributed by atoms with van der Waals surface area (Å²) in [7, 11) is 0. The molecule has 0 aliphatic rings. The van der Waals surface area contributed by atoms with Gasteiger partial charge in [-0.2, -0.15) is 0 Å². The minimum absolute atomic E-state index is 0.326. The van der Waals surface area contributed by atoms with Crippen LogP contribution in [0.2, 0.25) is 0 Å². The van der Waals surface area contributed by atoms with Crippen molar-refractivity contribution in [3.8, 4) is 0 Å². The quantitative estimate of drug-likeness (QED) is 0.787. The number of carbonyl (C=O) groups is 1. The van der Waals surface area contributed by atoms with Gasteiger partial charge in [0.15, 0.2) is 0 Å². The first-order chi connectivity index (χ1) is 10.0. The molecule has 0 saturated heterocycles. The maximum atomic E-state index is 11.0. The summed E-state index contributed by atoms with van der Waals surface area (Å²) in [5.74, 6) is -0.890. The molecule has 0 bridgehead atoms. The summed E-state index contributed by atoms with van der Waals surface area (Å²) in [6.07, 6.45) is 2.01. The van der Waals surface area contributed by atoms with Crippen molar-refractivity contribution < 1.29 is 9.90 Å². The first-order valence-corrected chi connectivity index (χ1v) is 6.93. The Kier molecular flexibility index (Phi) is 3.26. The van der Waals surface area contributed by atoms with Gasteiger partial charge >= 0.3 is 5.97 Å². The van der Waals surface area contributed by atoms with E-state index < -0.39 is 5.97 Å². The van der Waals surface area contributed by atoms with Crippen LogP contribution in [0.15, 0.2) is 48.7 Å². The molecule has 0 saturated carbocycles. The number of aromatic nitrogens is 1. The average molecular weight is 279 g/mol. The lowest BCUT2D eigenvalue weighted by Gasteiger charge is -2.10. The van der Waals surface area contributed by atoms with Crippen LogP contribution in [0.5, 0.6) is 0 Å². The Balaban J connectivity index is 2.01. The van der Waals surface area contributed by atoms with E-state index in [1.807, 2.05) is 18.3 Å². The van der Waals surface area contributed by atoms with Gasteiger partial charge in [-0.25, -0.2) is 4.79 Å². The summed E-state index contributed by atoms with van der Waals surface area (Å²) in [5, 5.41) is 10.0. The fourth-order valence-electron chi connectivity index (χ4n) is 2.63.